The van der Waals surface area contributed by atoms with E-state index in [1.807, 2.05) is 6.92 Å². The number of halogens is 1. The Hall–Kier alpha value is -2.27. The average molecular weight is 347 g/mol. The van der Waals surface area contributed by atoms with Crippen LogP contribution in [0.25, 0.3) is 0 Å². The molecule has 2 heterocycles. The molecule has 0 spiro atoms. The number of aromatic amines is 1. The number of rotatable bonds is 5. The van der Waals surface area contributed by atoms with Crippen molar-refractivity contribution >= 4 is 23.3 Å². The largest absolute Gasteiger partial charge is 0.485 e. The second kappa shape index (κ2) is 7.09. The smallest absolute Gasteiger partial charge is 0.270 e. The number of nitrogens with zero attached hydrogens (tertiary/aromatic N) is 1. The number of Topliss-reactive ketones (excluding diaryl/α,β-unsaturated/α-hetero) is 1. The van der Waals surface area contributed by atoms with Gasteiger partial charge in [-0.15, -0.1) is 0 Å². The van der Waals surface area contributed by atoms with Gasteiger partial charge in [0, 0.05) is 29.9 Å². The van der Waals surface area contributed by atoms with Crippen LogP contribution in [-0.4, -0.2) is 41.3 Å². The van der Waals surface area contributed by atoms with E-state index in [0.717, 1.165) is 31.5 Å². The fraction of sp³-hybridized carbons (Fsp3) is 0.333. The number of hydrogen-bond acceptors (Lipinski definition) is 3. The quantitative estimate of drug-likeness (QED) is 0.843. The van der Waals surface area contributed by atoms with Gasteiger partial charge in [-0.2, -0.15) is 0 Å². The average Bonchev–Trinajstić information content (AvgIpc) is 3.26. The minimum atomic E-state index is -0.181. The summed E-state index contributed by atoms with van der Waals surface area (Å²) in [5, 5.41) is 0.657. The van der Waals surface area contributed by atoms with E-state index in [0.29, 0.717) is 22.0 Å². The summed E-state index contributed by atoms with van der Waals surface area (Å²) >= 11 is 5.96. The number of aryl methyl sites for hydroxylation is 1. The molecule has 1 amide bonds. The molecule has 1 aliphatic rings. The number of carbonyl (C=O) groups excluding carboxylic acids is 2. The van der Waals surface area contributed by atoms with Crippen molar-refractivity contribution in [2.75, 3.05) is 19.7 Å². The number of amides is 1. The van der Waals surface area contributed by atoms with Gasteiger partial charge in [-0.05, 0) is 49.6 Å². The van der Waals surface area contributed by atoms with Crippen LogP contribution in [-0.2, 0) is 0 Å². The Morgan fingerprint density at radius 1 is 1.25 bits per heavy atom. The van der Waals surface area contributed by atoms with Gasteiger partial charge in [0.05, 0.1) is 0 Å². The van der Waals surface area contributed by atoms with Crippen LogP contribution in [0.2, 0.25) is 5.02 Å². The van der Waals surface area contributed by atoms with E-state index in [1.54, 1.807) is 35.4 Å². The summed E-state index contributed by atoms with van der Waals surface area (Å²) in [4.78, 5) is 29.2. The summed E-state index contributed by atoms with van der Waals surface area (Å²) in [6.45, 7) is 3.34. The SMILES string of the molecule is Cc1cc(OCC(=O)c2c[nH]c(C(=O)N3CCCC3)c2)ccc1Cl. The number of hydrogen-bond donors (Lipinski definition) is 1. The van der Waals surface area contributed by atoms with E-state index in [2.05, 4.69) is 4.98 Å². The minimum absolute atomic E-state index is 0.0548. The maximum Gasteiger partial charge on any atom is 0.270 e. The van der Waals surface area contributed by atoms with Gasteiger partial charge in [0.2, 0.25) is 5.78 Å². The number of nitrogens with one attached hydrogen (secondary N) is 1. The number of benzene rings is 1. The Kier molecular flexibility index (Phi) is 4.90. The Morgan fingerprint density at radius 3 is 2.71 bits per heavy atom. The van der Waals surface area contributed by atoms with Crippen LogP contribution < -0.4 is 4.74 Å². The van der Waals surface area contributed by atoms with Gasteiger partial charge in [-0.1, -0.05) is 11.6 Å². The molecule has 5 nitrogen and oxygen atoms in total. The number of likely N-dealkylation sites (tertiary alicyclic amines) is 1. The molecule has 0 aliphatic carbocycles. The van der Waals surface area contributed by atoms with E-state index in [9.17, 15) is 9.59 Å². The summed E-state index contributed by atoms with van der Waals surface area (Å²) in [5.41, 5.74) is 1.78. The second-order valence-corrected chi connectivity index (χ2v) is 6.33. The van der Waals surface area contributed by atoms with Gasteiger partial charge in [0.15, 0.2) is 6.61 Å². The van der Waals surface area contributed by atoms with Crippen molar-refractivity contribution in [3.05, 3.63) is 52.3 Å². The molecule has 1 fully saturated rings. The third-order valence-electron chi connectivity index (χ3n) is 4.13. The zero-order valence-corrected chi connectivity index (χ0v) is 14.2. The van der Waals surface area contributed by atoms with Crippen molar-refractivity contribution in [2.45, 2.75) is 19.8 Å². The molecular weight excluding hydrogens is 328 g/mol. The van der Waals surface area contributed by atoms with E-state index < -0.39 is 0 Å². The number of H-pyrrole nitrogens is 1. The molecule has 0 bridgehead atoms. The van der Waals surface area contributed by atoms with Crippen LogP contribution >= 0.6 is 11.6 Å². The standard InChI is InChI=1S/C18H19ClN2O3/c1-12-8-14(4-5-15(12)19)24-11-17(22)13-9-16(20-10-13)18(23)21-6-2-3-7-21/h4-5,8-10,20H,2-3,6-7,11H2,1H3. The highest BCUT2D eigenvalue weighted by molar-refractivity contribution is 6.31. The Labute approximate surface area is 145 Å². The zero-order chi connectivity index (χ0) is 17.1. The number of aromatic nitrogens is 1. The van der Waals surface area contributed by atoms with Crippen LogP contribution in [0.3, 0.4) is 0 Å². The molecule has 3 rings (SSSR count). The van der Waals surface area contributed by atoms with Gasteiger partial charge in [-0.25, -0.2) is 0 Å². The number of ether oxygens (including phenoxy) is 1. The molecule has 1 saturated heterocycles. The van der Waals surface area contributed by atoms with E-state index >= 15 is 0 Å². The van der Waals surface area contributed by atoms with Gasteiger partial charge < -0.3 is 14.6 Å². The predicted octanol–water partition coefficient (Wildman–Crippen LogP) is 3.47. The fourth-order valence-electron chi connectivity index (χ4n) is 2.71. The van der Waals surface area contributed by atoms with Crippen LogP contribution in [0.15, 0.2) is 30.5 Å². The van der Waals surface area contributed by atoms with Gasteiger partial charge in [-0.3, -0.25) is 9.59 Å². The maximum absolute atomic E-state index is 12.3. The highest BCUT2D eigenvalue weighted by Gasteiger charge is 2.21. The molecule has 0 saturated carbocycles. The van der Waals surface area contributed by atoms with Crippen molar-refractivity contribution in [1.29, 1.82) is 0 Å². The fourth-order valence-corrected chi connectivity index (χ4v) is 2.83. The summed E-state index contributed by atoms with van der Waals surface area (Å²) in [6, 6.07) is 6.84. The van der Waals surface area contributed by atoms with Gasteiger partial charge in [0.1, 0.15) is 11.4 Å². The molecule has 1 N–H and O–H groups in total. The molecule has 0 atom stereocenters. The molecule has 1 aliphatic heterocycles. The molecule has 0 unspecified atom stereocenters. The summed E-state index contributed by atoms with van der Waals surface area (Å²) in [7, 11) is 0. The highest BCUT2D eigenvalue weighted by atomic mass is 35.5. The molecule has 1 aromatic carbocycles. The molecular formula is C18H19ClN2O3. The van der Waals surface area contributed by atoms with E-state index in [1.165, 1.54) is 0 Å². The molecule has 6 heteroatoms. The van der Waals surface area contributed by atoms with Crippen molar-refractivity contribution in [1.82, 2.24) is 9.88 Å². The lowest BCUT2D eigenvalue weighted by Gasteiger charge is -2.13. The lowest BCUT2D eigenvalue weighted by atomic mass is 10.2. The third-order valence-corrected chi connectivity index (χ3v) is 4.55. The van der Waals surface area contributed by atoms with Crippen molar-refractivity contribution in [2.24, 2.45) is 0 Å². The van der Waals surface area contributed by atoms with Gasteiger partial charge >= 0.3 is 0 Å². The molecule has 2 aromatic rings. The Balaban J connectivity index is 1.61. The van der Waals surface area contributed by atoms with Crippen LogP contribution in [0, 0.1) is 6.92 Å². The Bertz CT molecular complexity index is 763. The predicted molar refractivity (Wildman–Crippen MR) is 91.9 cm³/mol. The van der Waals surface area contributed by atoms with Crippen molar-refractivity contribution in [3.8, 4) is 5.75 Å². The first-order chi connectivity index (χ1) is 11.5. The first-order valence-corrected chi connectivity index (χ1v) is 8.32. The highest BCUT2D eigenvalue weighted by Crippen LogP contribution is 2.21. The van der Waals surface area contributed by atoms with Gasteiger partial charge in [0.25, 0.3) is 5.91 Å². The molecule has 24 heavy (non-hydrogen) atoms. The molecule has 126 valence electrons. The monoisotopic (exact) mass is 346 g/mol. The zero-order valence-electron chi connectivity index (χ0n) is 13.5. The first-order valence-electron chi connectivity index (χ1n) is 7.94. The van der Waals surface area contributed by atoms with E-state index in [4.69, 9.17) is 16.3 Å². The molecule has 1 aromatic heterocycles. The topological polar surface area (TPSA) is 62.4 Å². The lowest BCUT2D eigenvalue weighted by molar-refractivity contribution is 0.0787. The lowest BCUT2D eigenvalue weighted by Crippen LogP contribution is -2.27. The van der Waals surface area contributed by atoms with Crippen LogP contribution in [0.5, 0.6) is 5.75 Å². The number of carbonyl (C=O) groups is 2. The normalized spacial score (nSPS) is 14.0. The third kappa shape index (κ3) is 3.62. The Morgan fingerprint density at radius 2 is 2.00 bits per heavy atom. The first kappa shape index (κ1) is 16.6. The second-order valence-electron chi connectivity index (χ2n) is 5.92. The van der Waals surface area contributed by atoms with Crippen molar-refractivity contribution < 1.29 is 14.3 Å². The van der Waals surface area contributed by atoms with Crippen LogP contribution in [0.1, 0.15) is 39.3 Å². The summed E-state index contributed by atoms with van der Waals surface area (Å²) < 4.78 is 5.51. The van der Waals surface area contributed by atoms with Crippen LogP contribution in [0.4, 0.5) is 0 Å². The van der Waals surface area contributed by atoms with Crippen molar-refractivity contribution in [3.63, 3.8) is 0 Å². The maximum atomic E-state index is 12.3. The minimum Gasteiger partial charge on any atom is -0.485 e. The molecule has 0 radical (unpaired) electrons. The summed E-state index contributed by atoms with van der Waals surface area (Å²) in [6.07, 6.45) is 3.63. The van der Waals surface area contributed by atoms with E-state index in [-0.39, 0.29) is 18.3 Å². The summed E-state index contributed by atoms with van der Waals surface area (Å²) in [5.74, 6) is 0.356. The number of ketones is 1.